The number of fused-ring (bicyclic) bond motifs is 1. The number of rotatable bonds is 8. The Kier molecular flexibility index (Phi) is 7.02. The van der Waals surface area contributed by atoms with Gasteiger partial charge in [-0.3, -0.25) is 19.1 Å². The van der Waals surface area contributed by atoms with Gasteiger partial charge < -0.3 is 9.80 Å². The number of pyridine rings is 1. The van der Waals surface area contributed by atoms with E-state index in [-0.39, 0.29) is 17.2 Å². The van der Waals surface area contributed by atoms with Crippen molar-refractivity contribution in [3.05, 3.63) is 38.2 Å². The van der Waals surface area contributed by atoms with Gasteiger partial charge in [-0.25, -0.2) is 9.78 Å². The molecule has 0 bridgehead atoms. The average Bonchev–Trinajstić information content (AvgIpc) is 3.64. The number of nitrogens with zero attached hydrogens (tertiary/aromatic N) is 4. The van der Waals surface area contributed by atoms with E-state index in [1.54, 1.807) is 18.0 Å². The Balaban J connectivity index is 1.66. The quantitative estimate of drug-likeness (QED) is 0.661. The molecule has 0 unspecified atom stereocenters. The molecule has 2 fully saturated rings. The molecule has 0 aromatic carbocycles. The number of likely N-dealkylation sites (N-methyl/N-ethyl adjacent to an activating group) is 2. The summed E-state index contributed by atoms with van der Waals surface area (Å²) in [5.74, 6) is 0.299. The summed E-state index contributed by atoms with van der Waals surface area (Å²) in [5.41, 5.74) is 0.478. The third-order valence-electron chi connectivity index (χ3n) is 7.08. The number of hydrogen-bond acceptors (Lipinski definition) is 5. The molecular formula is C25H37N5O3. The number of H-pyrrole nitrogens is 1. The second kappa shape index (κ2) is 9.79. The Morgan fingerprint density at radius 1 is 1.12 bits per heavy atom. The van der Waals surface area contributed by atoms with E-state index in [0.717, 1.165) is 25.1 Å². The summed E-state index contributed by atoms with van der Waals surface area (Å²) in [4.78, 5) is 50.2. The molecule has 2 aliphatic rings. The van der Waals surface area contributed by atoms with Gasteiger partial charge in [0.1, 0.15) is 0 Å². The van der Waals surface area contributed by atoms with Crippen LogP contribution in [0.5, 0.6) is 0 Å². The molecule has 0 atom stereocenters. The van der Waals surface area contributed by atoms with Crippen molar-refractivity contribution in [3.63, 3.8) is 0 Å². The van der Waals surface area contributed by atoms with Crippen molar-refractivity contribution in [3.8, 4) is 0 Å². The molecule has 2 aromatic rings. The van der Waals surface area contributed by atoms with Gasteiger partial charge in [-0.1, -0.05) is 33.1 Å². The molecule has 8 nitrogen and oxygen atoms in total. The zero-order chi connectivity index (χ0) is 23.7. The van der Waals surface area contributed by atoms with Crippen LogP contribution in [-0.4, -0.2) is 63.5 Å². The first kappa shape index (κ1) is 23.7. The molecule has 2 heterocycles. The number of amides is 1. The fourth-order valence-electron chi connectivity index (χ4n) is 4.90. The Morgan fingerprint density at radius 2 is 1.82 bits per heavy atom. The first-order valence-electron chi connectivity index (χ1n) is 12.4. The van der Waals surface area contributed by atoms with Crippen molar-refractivity contribution in [1.29, 1.82) is 0 Å². The van der Waals surface area contributed by atoms with Crippen molar-refractivity contribution in [1.82, 2.24) is 24.3 Å². The number of nitrogens with one attached hydrogen (secondary N) is 1. The molecule has 2 aliphatic carbocycles. The van der Waals surface area contributed by atoms with Gasteiger partial charge >= 0.3 is 5.69 Å². The largest absolute Gasteiger partial charge is 0.340 e. The Morgan fingerprint density at radius 3 is 2.45 bits per heavy atom. The van der Waals surface area contributed by atoms with E-state index in [1.165, 1.54) is 36.7 Å². The lowest BCUT2D eigenvalue weighted by Crippen LogP contribution is -2.40. The minimum absolute atomic E-state index is 0.193. The zero-order valence-electron chi connectivity index (χ0n) is 20.4. The third-order valence-corrected chi connectivity index (χ3v) is 7.08. The summed E-state index contributed by atoms with van der Waals surface area (Å²) >= 11 is 0. The van der Waals surface area contributed by atoms with Gasteiger partial charge in [0.2, 0.25) is 0 Å². The average molecular weight is 456 g/mol. The molecule has 0 spiro atoms. The van der Waals surface area contributed by atoms with Crippen LogP contribution in [0.15, 0.2) is 15.7 Å². The molecule has 180 valence electrons. The molecule has 8 heteroatoms. The summed E-state index contributed by atoms with van der Waals surface area (Å²) in [6, 6.07) is 2.36. The van der Waals surface area contributed by atoms with E-state index in [4.69, 9.17) is 4.98 Å². The Labute approximate surface area is 195 Å². The highest BCUT2D eigenvalue weighted by atomic mass is 16.2. The maximum absolute atomic E-state index is 13.6. The van der Waals surface area contributed by atoms with E-state index < -0.39 is 11.2 Å². The van der Waals surface area contributed by atoms with Crippen LogP contribution in [0.25, 0.3) is 11.0 Å². The first-order chi connectivity index (χ1) is 15.8. The number of aromatic nitrogens is 3. The summed E-state index contributed by atoms with van der Waals surface area (Å²) < 4.78 is 1.51. The third kappa shape index (κ3) is 5.21. The van der Waals surface area contributed by atoms with E-state index in [1.807, 2.05) is 13.8 Å². The van der Waals surface area contributed by atoms with E-state index in [2.05, 4.69) is 16.9 Å². The lowest BCUT2D eigenvalue weighted by atomic mass is 9.94. The number of carbonyl (C=O) groups excluding carboxylic acids is 1. The Bertz CT molecular complexity index is 1130. The summed E-state index contributed by atoms with van der Waals surface area (Å²) in [6.45, 7) is 5.83. The van der Waals surface area contributed by atoms with Crippen molar-refractivity contribution in [2.45, 2.75) is 77.3 Å². The topological polar surface area (TPSA) is 91.3 Å². The molecule has 1 amide bonds. The van der Waals surface area contributed by atoms with Gasteiger partial charge in [0.25, 0.3) is 11.5 Å². The molecule has 2 aromatic heterocycles. The monoisotopic (exact) mass is 455 g/mol. The van der Waals surface area contributed by atoms with Crippen LogP contribution in [0, 0.1) is 5.92 Å². The fourth-order valence-corrected chi connectivity index (χ4v) is 4.90. The van der Waals surface area contributed by atoms with Crippen molar-refractivity contribution < 1.29 is 4.79 Å². The summed E-state index contributed by atoms with van der Waals surface area (Å²) in [7, 11) is 3.93. The van der Waals surface area contributed by atoms with Crippen LogP contribution < -0.4 is 11.2 Å². The molecule has 0 aliphatic heterocycles. The van der Waals surface area contributed by atoms with Crippen molar-refractivity contribution in [2.75, 3.05) is 27.2 Å². The molecule has 2 saturated carbocycles. The minimum Gasteiger partial charge on any atom is -0.340 e. The molecule has 33 heavy (non-hydrogen) atoms. The Hall–Kier alpha value is -2.48. The highest BCUT2D eigenvalue weighted by Gasteiger charge is 2.29. The van der Waals surface area contributed by atoms with E-state index in [9.17, 15) is 14.4 Å². The highest BCUT2D eigenvalue weighted by Crippen LogP contribution is 2.40. The van der Waals surface area contributed by atoms with Crippen LogP contribution in [0.3, 0.4) is 0 Å². The summed E-state index contributed by atoms with van der Waals surface area (Å²) in [6.07, 6.45) is 8.34. The minimum atomic E-state index is -0.541. The van der Waals surface area contributed by atoms with Gasteiger partial charge in [0, 0.05) is 44.3 Å². The lowest BCUT2D eigenvalue weighted by molar-refractivity contribution is 0.0769. The van der Waals surface area contributed by atoms with E-state index in [0.29, 0.717) is 36.3 Å². The predicted molar refractivity (Wildman–Crippen MR) is 130 cm³/mol. The highest BCUT2D eigenvalue weighted by molar-refractivity contribution is 6.05. The molecule has 1 N–H and O–H groups in total. The normalized spacial score (nSPS) is 17.3. The number of hydrogen-bond donors (Lipinski definition) is 1. The maximum atomic E-state index is 13.6. The SMILES string of the molecule is CC(C)Cn1c(=O)[nH]c(=O)c2c(C(=O)N(C)CCN(C)C3CCCCC3)cc(C3CC3)nc21. The van der Waals surface area contributed by atoms with Crippen molar-refractivity contribution in [2.24, 2.45) is 5.92 Å². The van der Waals surface area contributed by atoms with Gasteiger partial charge in [-0.2, -0.15) is 0 Å². The first-order valence-corrected chi connectivity index (χ1v) is 12.4. The second-order valence-corrected chi connectivity index (χ2v) is 10.3. The molecule has 0 saturated heterocycles. The van der Waals surface area contributed by atoms with Gasteiger partial charge in [-0.05, 0) is 44.7 Å². The lowest BCUT2D eigenvalue weighted by Gasteiger charge is -2.32. The van der Waals surface area contributed by atoms with Crippen LogP contribution in [0.2, 0.25) is 0 Å². The van der Waals surface area contributed by atoms with Gasteiger partial charge in [0.05, 0.1) is 10.9 Å². The smallest absolute Gasteiger partial charge is 0.330 e. The number of aromatic amines is 1. The van der Waals surface area contributed by atoms with Crippen LogP contribution >= 0.6 is 0 Å². The second-order valence-electron chi connectivity index (χ2n) is 10.3. The standard InChI is InChI=1S/C25H37N5O3/c1-16(2)15-30-22-21(23(31)27-25(30)33)19(14-20(26-22)17-10-11-17)24(32)29(4)13-12-28(3)18-8-6-5-7-9-18/h14,16-18H,5-13,15H2,1-4H3,(H,27,31,33). The molecule has 4 rings (SSSR count). The van der Waals surface area contributed by atoms with Gasteiger partial charge in [-0.15, -0.1) is 0 Å². The summed E-state index contributed by atoms with van der Waals surface area (Å²) in [5, 5.41) is 0.220. The van der Waals surface area contributed by atoms with Crippen molar-refractivity contribution >= 4 is 16.9 Å². The molecule has 0 radical (unpaired) electrons. The zero-order valence-corrected chi connectivity index (χ0v) is 20.4. The fraction of sp³-hybridized carbons (Fsp3) is 0.680. The van der Waals surface area contributed by atoms with E-state index >= 15 is 0 Å². The van der Waals surface area contributed by atoms with Gasteiger partial charge in [0.15, 0.2) is 5.65 Å². The van der Waals surface area contributed by atoms with Crippen LogP contribution in [-0.2, 0) is 6.54 Å². The van der Waals surface area contributed by atoms with Crippen LogP contribution in [0.4, 0.5) is 0 Å². The maximum Gasteiger partial charge on any atom is 0.330 e. The van der Waals surface area contributed by atoms with Crippen LogP contribution in [0.1, 0.15) is 80.8 Å². The predicted octanol–water partition coefficient (Wildman–Crippen LogP) is 2.95. The molecular weight excluding hydrogens is 418 g/mol. The number of carbonyl (C=O) groups is 1.